The number of aliphatic hydroxyl groups is 1. The number of esters is 8. The van der Waals surface area contributed by atoms with Crippen LogP contribution in [0.5, 0.6) is 5.75 Å². The third-order valence-electron chi connectivity index (χ3n) is 8.58. The van der Waals surface area contributed by atoms with E-state index in [4.69, 9.17) is 52.1 Å². The van der Waals surface area contributed by atoms with Gasteiger partial charge in [-0.1, -0.05) is 0 Å². The van der Waals surface area contributed by atoms with Gasteiger partial charge in [0.05, 0.1) is 17.7 Å². The van der Waals surface area contributed by atoms with Gasteiger partial charge in [0.15, 0.2) is 24.4 Å². The van der Waals surface area contributed by atoms with E-state index >= 15 is 0 Å². The molecule has 0 aromatic heterocycles. The van der Waals surface area contributed by atoms with Gasteiger partial charge in [-0.3, -0.25) is 33.6 Å². The highest BCUT2D eigenvalue weighted by molar-refractivity contribution is 5.90. The molecule has 0 unspecified atom stereocenters. The number of ether oxygens (including phenoxy) is 11. The number of hydrogen-bond acceptors (Lipinski definition) is 20. The zero-order valence-corrected chi connectivity index (χ0v) is 31.4. The van der Waals surface area contributed by atoms with Crippen molar-refractivity contribution in [3.63, 3.8) is 0 Å². The Kier molecular flexibility index (Phi) is 14.1. The van der Waals surface area contributed by atoms with Gasteiger partial charge in [0.1, 0.15) is 36.8 Å². The lowest BCUT2D eigenvalue weighted by Crippen LogP contribution is -2.64. The van der Waals surface area contributed by atoms with Crippen LogP contribution in [0.4, 0.5) is 0 Å². The van der Waals surface area contributed by atoms with Crippen LogP contribution in [0.2, 0.25) is 0 Å². The lowest BCUT2D eigenvalue weighted by atomic mass is 9.83. The van der Waals surface area contributed by atoms with Crippen molar-refractivity contribution in [2.75, 3.05) is 13.2 Å². The number of rotatable bonds is 13. The third-order valence-corrected chi connectivity index (χ3v) is 8.58. The standard InChI is InChI=1S/C36H42O20/c1-16(37)47-14-26-29(50-19(4)40)30(51-20(5)41)31(52-21(6)42)35(54-26)56-34-27-25(12-13-46-34)28(32(53-22(7)43)36(27,45)15-48-17(2)38)55-33(44)23-8-10-24(11-9-23)49-18(3)39/h8-13,25-32,34-35,45H,14-15H2,1-7H3/t25-,26-,27-,28+,29-,30+,31-,32-,34-,35+,36+/m1/s1. The number of fused-ring (bicyclic) bond motifs is 1. The average Bonchev–Trinajstić information content (AvgIpc) is 3.31. The summed E-state index contributed by atoms with van der Waals surface area (Å²) in [5.74, 6) is -9.25. The molecule has 2 fully saturated rings. The maximum Gasteiger partial charge on any atom is 0.338 e. The average molecular weight is 795 g/mol. The second-order valence-corrected chi connectivity index (χ2v) is 12.9. The summed E-state index contributed by atoms with van der Waals surface area (Å²) in [5, 5.41) is 12.4. The molecule has 56 heavy (non-hydrogen) atoms. The maximum atomic E-state index is 13.5. The van der Waals surface area contributed by atoms with Gasteiger partial charge < -0.3 is 57.2 Å². The first kappa shape index (κ1) is 43.1. The van der Waals surface area contributed by atoms with Crippen molar-refractivity contribution >= 4 is 47.8 Å². The maximum absolute atomic E-state index is 13.5. The number of carbonyl (C=O) groups is 8. The van der Waals surface area contributed by atoms with Gasteiger partial charge in [-0.2, -0.15) is 0 Å². The molecule has 1 saturated heterocycles. The molecule has 1 aliphatic carbocycles. The predicted octanol–water partition coefficient (Wildman–Crippen LogP) is 0.579. The largest absolute Gasteiger partial charge is 0.472 e. The van der Waals surface area contributed by atoms with E-state index in [9.17, 15) is 43.5 Å². The van der Waals surface area contributed by atoms with Crippen molar-refractivity contribution in [1.29, 1.82) is 0 Å². The van der Waals surface area contributed by atoms with Crippen LogP contribution >= 0.6 is 0 Å². The fourth-order valence-corrected chi connectivity index (χ4v) is 6.61. The van der Waals surface area contributed by atoms with Crippen LogP contribution in [0.15, 0.2) is 36.6 Å². The molecule has 1 aromatic rings. The molecular weight excluding hydrogens is 752 g/mol. The Labute approximate surface area is 319 Å². The molecule has 4 rings (SSSR count). The third kappa shape index (κ3) is 10.6. The molecule has 0 radical (unpaired) electrons. The first-order chi connectivity index (χ1) is 26.3. The minimum Gasteiger partial charge on any atom is -0.472 e. The normalized spacial score (nSPS) is 30.3. The number of hydrogen-bond donors (Lipinski definition) is 1. The second-order valence-electron chi connectivity index (χ2n) is 12.9. The molecule has 3 aliphatic rings. The Morgan fingerprint density at radius 1 is 0.643 bits per heavy atom. The van der Waals surface area contributed by atoms with Crippen LogP contribution in [-0.2, 0) is 80.9 Å². The summed E-state index contributed by atoms with van der Waals surface area (Å²) in [6.45, 7) is 6.02. The Balaban J connectivity index is 1.78. The van der Waals surface area contributed by atoms with Crippen LogP contribution in [0.3, 0.4) is 0 Å². The highest BCUT2D eigenvalue weighted by atomic mass is 16.8. The zero-order chi connectivity index (χ0) is 41.5. The first-order valence-electron chi connectivity index (χ1n) is 17.1. The summed E-state index contributed by atoms with van der Waals surface area (Å²) in [7, 11) is 0. The summed E-state index contributed by atoms with van der Waals surface area (Å²) in [5.41, 5.74) is -2.48. The Morgan fingerprint density at radius 2 is 1.21 bits per heavy atom. The van der Waals surface area contributed by atoms with Crippen LogP contribution in [0, 0.1) is 11.8 Å². The molecule has 0 spiro atoms. The van der Waals surface area contributed by atoms with Gasteiger partial charge in [0, 0.05) is 54.4 Å². The van der Waals surface area contributed by atoms with E-state index in [1.165, 1.54) is 37.3 Å². The number of benzene rings is 1. The van der Waals surface area contributed by atoms with Gasteiger partial charge in [0.2, 0.25) is 12.6 Å². The van der Waals surface area contributed by atoms with Gasteiger partial charge >= 0.3 is 47.8 Å². The van der Waals surface area contributed by atoms with E-state index in [2.05, 4.69) is 0 Å². The summed E-state index contributed by atoms with van der Waals surface area (Å²) in [6, 6.07) is 5.27. The van der Waals surface area contributed by atoms with E-state index in [-0.39, 0.29) is 11.3 Å². The molecule has 306 valence electrons. The summed E-state index contributed by atoms with van der Waals surface area (Å²) < 4.78 is 61.1. The smallest absolute Gasteiger partial charge is 0.338 e. The van der Waals surface area contributed by atoms with Crippen molar-refractivity contribution in [3.05, 3.63) is 42.2 Å². The lowest BCUT2D eigenvalue weighted by molar-refractivity contribution is -0.350. The Hall–Kier alpha value is -5.60. The van der Waals surface area contributed by atoms with E-state index in [0.29, 0.717) is 0 Å². The van der Waals surface area contributed by atoms with E-state index in [0.717, 1.165) is 47.8 Å². The molecule has 0 amide bonds. The minimum absolute atomic E-state index is 0.0317. The highest BCUT2D eigenvalue weighted by Crippen LogP contribution is 2.50. The zero-order valence-electron chi connectivity index (χ0n) is 31.4. The van der Waals surface area contributed by atoms with E-state index < -0.39 is 128 Å². The SMILES string of the molecule is CC(=O)OC[C@H]1O[C@@H](O[C@H]2OC=C[C@H]3[C@H](OC(=O)c4ccc(OC(C)=O)cc4)[C@@H](OC(C)=O)[C@](O)(COC(C)=O)[C@@H]23)[C@H](OC(C)=O)[C@@H](OC(C)=O)[C@@H]1OC(C)=O. The van der Waals surface area contributed by atoms with Gasteiger partial charge in [-0.05, 0) is 30.3 Å². The first-order valence-corrected chi connectivity index (χ1v) is 17.1. The number of carbonyl (C=O) groups excluding carboxylic acids is 8. The molecule has 11 atom stereocenters. The second kappa shape index (κ2) is 18.4. The molecular formula is C36H42O20. The molecule has 20 nitrogen and oxygen atoms in total. The quantitative estimate of drug-likeness (QED) is 0.163. The highest BCUT2D eigenvalue weighted by Gasteiger charge is 2.68. The van der Waals surface area contributed by atoms with Crippen molar-refractivity contribution in [2.24, 2.45) is 11.8 Å². The molecule has 1 aromatic carbocycles. The van der Waals surface area contributed by atoms with Crippen LogP contribution in [0.1, 0.15) is 58.8 Å². The predicted molar refractivity (Wildman–Crippen MR) is 178 cm³/mol. The van der Waals surface area contributed by atoms with Crippen molar-refractivity contribution in [1.82, 2.24) is 0 Å². The van der Waals surface area contributed by atoms with Crippen LogP contribution in [-0.4, -0.2) is 121 Å². The molecule has 0 bridgehead atoms. The lowest BCUT2D eigenvalue weighted by Gasteiger charge is -2.46. The van der Waals surface area contributed by atoms with E-state index in [1.807, 2.05) is 0 Å². The topological polar surface area (TPSA) is 258 Å². The van der Waals surface area contributed by atoms with Crippen molar-refractivity contribution < 1.29 is 95.6 Å². The molecule has 20 heteroatoms. The van der Waals surface area contributed by atoms with Gasteiger partial charge in [-0.15, -0.1) is 0 Å². The fraction of sp³-hybridized carbons (Fsp3) is 0.556. The van der Waals surface area contributed by atoms with Gasteiger partial charge in [0.25, 0.3) is 0 Å². The minimum atomic E-state index is -2.44. The van der Waals surface area contributed by atoms with Crippen LogP contribution < -0.4 is 4.74 Å². The van der Waals surface area contributed by atoms with E-state index in [1.54, 1.807) is 0 Å². The van der Waals surface area contributed by atoms with Crippen LogP contribution in [0.25, 0.3) is 0 Å². The summed E-state index contributed by atoms with van der Waals surface area (Å²) in [4.78, 5) is 98.2. The molecule has 2 heterocycles. The Morgan fingerprint density at radius 3 is 1.77 bits per heavy atom. The fourth-order valence-electron chi connectivity index (χ4n) is 6.61. The Bertz CT molecular complexity index is 1700. The summed E-state index contributed by atoms with van der Waals surface area (Å²) >= 11 is 0. The molecule has 1 N–H and O–H groups in total. The van der Waals surface area contributed by atoms with Gasteiger partial charge in [-0.25, -0.2) is 4.79 Å². The van der Waals surface area contributed by atoms with Crippen molar-refractivity contribution in [3.8, 4) is 5.75 Å². The molecule has 2 aliphatic heterocycles. The molecule has 1 saturated carbocycles. The monoisotopic (exact) mass is 794 g/mol. The van der Waals surface area contributed by atoms with Crippen molar-refractivity contribution in [2.45, 2.75) is 103 Å². The summed E-state index contributed by atoms with van der Waals surface area (Å²) in [6.07, 6.45) is -10.6.